The third kappa shape index (κ3) is 3.45. The van der Waals surface area contributed by atoms with E-state index in [1.165, 1.54) is 0 Å². The number of nitrogens with zero attached hydrogens (tertiary/aromatic N) is 1. The standard InChI is InChI=1S/C24H22ClNO5/c1-2-10-29-23(27)14-6-8-15(9-7-14)26-12-19-21-18(11-20(25)22(19)30-13-26)16-4-3-5-17(16)24(28)31-21/h6-9,11H,2-5,10,12-13H2,1H3. The summed E-state index contributed by atoms with van der Waals surface area (Å²) in [5, 5.41) is 1.43. The Morgan fingerprint density at radius 2 is 1.94 bits per heavy atom. The molecule has 3 aromatic rings. The Labute approximate surface area is 184 Å². The second-order valence-corrected chi connectivity index (χ2v) is 8.30. The van der Waals surface area contributed by atoms with E-state index >= 15 is 0 Å². The Morgan fingerprint density at radius 1 is 1.16 bits per heavy atom. The number of esters is 1. The summed E-state index contributed by atoms with van der Waals surface area (Å²) in [6, 6.07) is 9.06. The van der Waals surface area contributed by atoms with Crippen molar-refractivity contribution in [3.05, 3.63) is 68.0 Å². The lowest BCUT2D eigenvalue weighted by atomic mass is 10.0. The number of carbonyl (C=O) groups excluding carboxylic acids is 1. The van der Waals surface area contributed by atoms with E-state index in [-0.39, 0.29) is 11.6 Å². The first-order chi connectivity index (χ1) is 15.1. The van der Waals surface area contributed by atoms with Gasteiger partial charge in [0.1, 0.15) is 11.3 Å². The van der Waals surface area contributed by atoms with Crippen LogP contribution < -0.4 is 15.3 Å². The number of halogens is 1. The first-order valence-electron chi connectivity index (χ1n) is 10.5. The Morgan fingerprint density at radius 3 is 2.71 bits per heavy atom. The van der Waals surface area contributed by atoms with E-state index in [9.17, 15) is 9.59 Å². The first kappa shape index (κ1) is 19.9. The van der Waals surface area contributed by atoms with Crippen LogP contribution in [0.5, 0.6) is 5.75 Å². The fourth-order valence-electron chi connectivity index (χ4n) is 4.36. The molecule has 0 bridgehead atoms. The van der Waals surface area contributed by atoms with Crippen LogP contribution in [0.2, 0.25) is 5.02 Å². The van der Waals surface area contributed by atoms with Crippen molar-refractivity contribution in [2.75, 3.05) is 18.2 Å². The quantitative estimate of drug-likeness (QED) is 0.427. The van der Waals surface area contributed by atoms with Gasteiger partial charge in [-0.3, -0.25) is 0 Å². The third-order valence-electron chi connectivity index (χ3n) is 5.88. The van der Waals surface area contributed by atoms with E-state index in [4.69, 9.17) is 25.5 Å². The van der Waals surface area contributed by atoms with Gasteiger partial charge in [-0.25, -0.2) is 9.59 Å². The first-order valence-corrected chi connectivity index (χ1v) is 10.9. The molecule has 0 saturated heterocycles. The molecular weight excluding hydrogens is 418 g/mol. The van der Waals surface area contributed by atoms with E-state index in [2.05, 4.69) is 0 Å². The van der Waals surface area contributed by atoms with Gasteiger partial charge in [0.05, 0.1) is 29.3 Å². The van der Waals surface area contributed by atoms with Crippen molar-refractivity contribution in [1.82, 2.24) is 0 Å². The number of fused-ring (bicyclic) bond motifs is 5. The van der Waals surface area contributed by atoms with Crippen molar-refractivity contribution >= 4 is 34.2 Å². The van der Waals surface area contributed by atoms with E-state index < -0.39 is 0 Å². The summed E-state index contributed by atoms with van der Waals surface area (Å²) in [7, 11) is 0. The molecule has 31 heavy (non-hydrogen) atoms. The zero-order chi connectivity index (χ0) is 21.5. The van der Waals surface area contributed by atoms with Crippen molar-refractivity contribution in [2.24, 2.45) is 0 Å². The van der Waals surface area contributed by atoms with Gasteiger partial charge in [-0.05, 0) is 61.6 Å². The van der Waals surface area contributed by atoms with Crippen LogP contribution in [0.15, 0.2) is 39.5 Å². The normalized spacial score (nSPS) is 14.8. The minimum Gasteiger partial charge on any atom is -0.471 e. The number of ether oxygens (including phenoxy) is 2. The Hall–Kier alpha value is -2.99. The van der Waals surface area contributed by atoms with Crippen LogP contribution in [0.25, 0.3) is 11.0 Å². The van der Waals surface area contributed by atoms with Gasteiger partial charge in [0.2, 0.25) is 0 Å². The average Bonchev–Trinajstić information content (AvgIpc) is 3.29. The molecule has 0 fully saturated rings. The van der Waals surface area contributed by atoms with Gasteiger partial charge in [0.25, 0.3) is 0 Å². The Balaban J connectivity index is 1.49. The molecule has 0 atom stereocenters. The van der Waals surface area contributed by atoms with Crippen LogP contribution in [0.3, 0.4) is 0 Å². The van der Waals surface area contributed by atoms with Crippen LogP contribution >= 0.6 is 11.6 Å². The van der Waals surface area contributed by atoms with Crippen molar-refractivity contribution in [3.63, 3.8) is 0 Å². The van der Waals surface area contributed by atoms with Crippen LogP contribution in [0.4, 0.5) is 5.69 Å². The lowest BCUT2D eigenvalue weighted by molar-refractivity contribution is 0.0505. The lowest BCUT2D eigenvalue weighted by Gasteiger charge is -2.31. The summed E-state index contributed by atoms with van der Waals surface area (Å²) >= 11 is 6.54. The smallest absolute Gasteiger partial charge is 0.339 e. The maximum Gasteiger partial charge on any atom is 0.339 e. The van der Waals surface area contributed by atoms with E-state index in [0.29, 0.717) is 41.8 Å². The summed E-state index contributed by atoms with van der Waals surface area (Å²) in [5.41, 5.74) is 4.25. The van der Waals surface area contributed by atoms with Crippen LogP contribution in [-0.2, 0) is 24.1 Å². The predicted octanol–water partition coefficient (Wildman–Crippen LogP) is 4.86. The molecule has 0 unspecified atom stereocenters. The summed E-state index contributed by atoms with van der Waals surface area (Å²) in [4.78, 5) is 26.6. The zero-order valence-electron chi connectivity index (χ0n) is 17.2. The highest BCUT2D eigenvalue weighted by molar-refractivity contribution is 6.33. The molecule has 2 heterocycles. The zero-order valence-corrected chi connectivity index (χ0v) is 18.0. The largest absolute Gasteiger partial charge is 0.471 e. The molecule has 1 aliphatic carbocycles. The second kappa shape index (κ2) is 7.93. The number of anilines is 1. The second-order valence-electron chi connectivity index (χ2n) is 7.90. The monoisotopic (exact) mass is 439 g/mol. The van der Waals surface area contributed by atoms with Crippen molar-refractivity contribution in [3.8, 4) is 5.75 Å². The van der Waals surface area contributed by atoms with Gasteiger partial charge >= 0.3 is 11.6 Å². The van der Waals surface area contributed by atoms with Crippen LogP contribution in [0, 0.1) is 0 Å². The lowest BCUT2D eigenvalue weighted by Crippen LogP contribution is -2.32. The van der Waals surface area contributed by atoms with Gasteiger partial charge in [-0.15, -0.1) is 0 Å². The molecule has 7 heteroatoms. The maximum absolute atomic E-state index is 12.5. The molecule has 0 N–H and O–H groups in total. The van der Waals surface area contributed by atoms with Gasteiger partial charge in [0.15, 0.2) is 6.73 Å². The fraction of sp³-hybridized carbons (Fsp3) is 0.333. The highest BCUT2D eigenvalue weighted by Crippen LogP contribution is 2.41. The van der Waals surface area contributed by atoms with Crippen molar-refractivity contribution in [1.29, 1.82) is 0 Å². The van der Waals surface area contributed by atoms with Gasteiger partial charge in [0, 0.05) is 16.6 Å². The van der Waals surface area contributed by atoms with E-state index in [1.807, 2.05) is 30.0 Å². The molecule has 160 valence electrons. The van der Waals surface area contributed by atoms with Gasteiger partial charge in [-0.1, -0.05) is 18.5 Å². The fourth-order valence-corrected chi connectivity index (χ4v) is 4.64. The molecule has 2 aromatic carbocycles. The van der Waals surface area contributed by atoms with E-state index in [1.54, 1.807) is 12.1 Å². The Bertz CT molecular complexity index is 1230. The Kier molecular flexibility index (Phi) is 5.10. The number of aryl methyl sites for hydroxylation is 1. The van der Waals surface area contributed by atoms with Crippen molar-refractivity contribution < 1.29 is 18.7 Å². The molecule has 0 amide bonds. The molecule has 2 aliphatic rings. The molecule has 0 saturated carbocycles. The summed E-state index contributed by atoms with van der Waals surface area (Å²) in [6.07, 6.45) is 3.33. The molecule has 0 spiro atoms. The van der Waals surface area contributed by atoms with Crippen LogP contribution in [0.1, 0.15) is 46.8 Å². The predicted molar refractivity (Wildman–Crippen MR) is 118 cm³/mol. The maximum atomic E-state index is 12.5. The molecule has 1 aliphatic heterocycles. The average molecular weight is 440 g/mol. The number of hydrogen-bond donors (Lipinski definition) is 0. The van der Waals surface area contributed by atoms with E-state index in [0.717, 1.165) is 53.4 Å². The third-order valence-corrected chi connectivity index (χ3v) is 6.16. The minimum atomic E-state index is -0.331. The van der Waals surface area contributed by atoms with Gasteiger partial charge < -0.3 is 18.8 Å². The summed E-state index contributed by atoms with van der Waals surface area (Å²) < 4.78 is 16.9. The summed E-state index contributed by atoms with van der Waals surface area (Å²) in [6.45, 7) is 3.14. The molecular formula is C24H22ClNO5. The van der Waals surface area contributed by atoms with Gasteiger partial charge in [-0.2, -0.15) is 0 Å². The molecule has 5 rings (SSSR count). The summed E-state index contributed by atoms with van der Waals surface area (Å²) in [5.74, 6) is 0.230. The highest BCUT2D eigenvalue weighted by atomic mass is 35.5. The van der Waals surface area contributed by atoms with Crippen LogP contribution in [-0.4, -0.2) is 19.3 Å². The molecule has 6 nitrogen and oxygen atoms in total. The highest BCUT2D eigenvalue weighted by Gasteiger charge is 2.28. The SMILES string of the molecule is CCCOC(=O)c1ccc(N2COc3c(Cl)cc4c5c(c(=O)oc4c3C2)CCC5)cc1. The number of rotatable bonds is 4. The van der Waals surface area contributed by atoms with Crippen molar-refractivity contribution in [2.45, 2.75) is 39.2 Å². The number of carbonyl (C=O) groups is 1. The molecule has 0 radical (unpaired) electrons. The number of benzene rings is 2. The minimum absolute atomic E-state index is 0.267. The topological polar surface area (TPSA) is 69.0 Å². The number of hydrogen-bond acceptors (Lipinski definition) is 6. The molecule has 1 aromatic heterocycles.